The molecule has 0 saturated heterocycles. The number of hydrogen-bond acceptors (Lipinski definition) is 4. The lowest BCUT2D eigenvalue weighted by atomic mass is 10.1. The fraction of sp³-hybridized carbons (Fsp3) is 0.636. The van der Waals surface area contributed by atoms with Gasteiger partial charge in [0, 0.05) is 39.0 Å². The Bertz CT molecular complexity index is 364. The van der Waals surface area contributed by atoms with Crippen LogP contribution in [0, 0.1) is 0 Å². The van der Waals surface area contributed by atoms with Gasteiger partial charge in [-0.15, -0.1) is 0 Å². The molecule has 0 spiro atoms. The summed E-state index contributed by atoms with van der Waals surface area (Å²) in [6.07, 6.45) is 3.37. The molecule has 0 aromatic carbocycles. The highest BCUT2D eigenvalue weighted by atomic mass is 16.5. The van der Waals surface area contributed by atoms with Gasteiger partial charge in [0.15, 0.2) is 0 Å². The first-order valence-electron chi connectivity index (χ1n) is 5.62. The number of carbonyl (C=O) groups excluding carboxylic acids is 1. The molecule has 0 aliphatic heterocycles. The van der Waals surface area contributed by atoms with Crippen molar-refractivity contribution in [2.45, 2.75) is 13.0 Å². The number of hydrogen-bond donors (Lipinski definition) is 1. The molecular formula is C11H20N4O2. The third kappa shape index (κ3) is 3.54. The number of nitrogens with zero attached hydrogens (tertiary/aromatic N) is 3. The Balaban J connectivity index is 2.66. The molecule has 0 aliphatic carbocycles. The van der Waals surface area contributed by atoms with E-state index in [-0.39, 0.29) is 5.91 Å². The van der Waals surface area contributed by atoms with Gasteiger partial charge in [-0.1, -0.05) is 0 Å². The van der Waals surface area contributed by atoms with Crippen LogP contribution in [0.1, 0.15) is 18.5 Å². The van der Waals surface area contributed by atoms with Crippen LogP contribution in [0.15, 0.2) is 12.4 Å². The maximum Gasteiger partial charge on any atom is 0.244 e. The second-order valence-electron chi connectivity index (χ2n) is 3.84. The van der Waals surface area contributed by atoms with Crippen LogP contribution in [0.3, 0.4) is 0 Å². The van der Waals surface area contributed by atoms with Crippen molar-refractivity contribution in [1.29, 1.82) is 0 Å². The van der Waals surface area contributed by atoms with E-state index in [1.807, 2.05) is 6.92 Å². The van der Waals surface area contributed by atoms with Crippen molar-refractivity contribution in [2.24, 2.45) is 12.8 Å². The quantitative estimate of drug-likeness (QED) is 0.754. The van der Waals surface area contributed by atoms with Crippen LogP contribution in [-0.2, 0) is 16.6 Å². The molecule has 0 aliphatic rings. The van der Waals surface area contributed by atoms with E-state index >= 15 is 0 Å². The predicted octanol–water partition coefficient (Wildman–Crippen LogP) is -0.0852. The average Bonchev–Trinajstić information content (AvgIpc) is 2.75. The van der Waals surface area contributed by atoms with Crippen LogP contribution < -0.4 is 5.73 Å². The molecule has 0 fully saturated rings. The number of aryl methyl sites for hydroxylation is 1. The Morgan fingerprint density at radius 1 is 1.71 bits per heavy atom. The largest absolute Gasteiger partial charge is 0.383 e. The van der Waals surface area contributed by atoms with Crippen molar-refractivity contribution in [3.05, 3.63) is 18.0 Å². The van der Waals surface area contributed by atoms with Gasteiger partial charge in [-0.25, -0.2) is 0 Å². The Labute approximate surface area is 101 Å². The highest BCUT2D eigenvalue weighted by molar-refractivity contribution is 5.82. The van der Waals surface area contributed by atoms with E-state index in [2.05, 4.69) is 5.10 Å². The summed E-state index contributed by atoms with van der Waals surface area (Å²) in [6, 6.07) is -0.652. The molecule has 6 heteroatoms. The molecule has 1 unspecified atom stereocenters. The molecule has 0 radical (unpaired) electrons. The highest BCUT2D eigenvalue weighted by Gasteiger charge is 2.22. The van der Waals surface area contributed by atoms with Crippen LogP contribution >= 0.6 is 0 Å². The number of likely N-dealkylation sites (N-methyl/N-ethyl adjacent to an activating group) is 1. The minimum absolute atomic E-state index is 0.0995. The lowest BCUT2D eigenvalue weighted by molar-refractivity contribution is -0.133. The topological polar surface area (TPSA) is 73.4 Å². The van der Waals surface area contributed by atoms with Crippen molar-refractivity contribution in [1.82, 2.24) is 14.7 Å². The number of aromatic nitrogens is 2. The molecule has 0 saturated carbocycles. The van der Waals surface area contributed by atoms with Gasteiger partial charge >= 0.3 is 0 Å². The number of methoxy groups -OCH3 is 1. The Morgan fingerprint density at radius 2 is 2.41 bits per heavy atom. The molecule has 2 N–H and O–H groups in total. The van der Waals surface area contributed by atoms with Gasteiger partial charge in [0.2, 0.25) is 5.91 Å². The van der Waals surface area contributed by atoms with Gasteiger partial charge in [-0.2, -0.15) is 5.10 Å². The summed E-state index contributed by atoms with van der Waals surface area (Å²) >= 11 is 0. The number of ether oxygens (including phenoxy) is 1. The Morgan fingerprint density at radius 3 is 2.88 bits per heavy atom. The van der Waals surface area contributed by atoms with E-state index in [4.69, 9.17) is 10.5 Å². The van der Waals surface area contributed by atoms with E-state index in [0.717, 1.165) is 5.56 Å². The third-order valence-corrected chi connectivity index (χ3v) is 2.61. The zero-order valence-electron chi connectivity index (χ0n) is 10.6. The van der Waals surface area contributed by atoms with E-state index in [0.29, 0.717) is 19.7 Å². The summed E-state index contributed by atoms with van der Waals surface area (Å²) in [7, 11) is 3.41. The van der Waals surface area contributed by atoms with E-state index < -0.39 is 6.04 Å². The SMILES string of the molecule is CCN(CCOC)C(=O)C(N)c1cnn(C)c1. The second kappa shape index (κ2) is 6.36. The number of rotatable bonds is 6. The maximum absolute atomic E-state index is 12.1. The van der Waals surface area contributed by atoms with Crippen molar-refractivity contribution in [3.63, 3.8) is 0 Å². The summed E-state index contributed by atoms with van der Waals surface area (Å²) in [5.41, 5.74) is 6.64. The van der Waals surface area contributed by atoms with Crippen LogP contribution in [-0.4, -0.2) is 47.4 Å². The fourth-order valence-corrected chi connectivity index (χ4v) is 1.57. The summed E-state index contributed by atoms with van der Waals surface area (Å²) in [4.78, 5) is 13.8. The van der Waals surface area contributed by atoms with E-state index in [1.54, 1.807) is 36.1 Å². The number of carbonyl (C=O) groups is 1. The molecule has 1 aromatic rings. The van der Waals surface area contributed by atoms with Gasteiger partial charge in [0.25, 0.3) is 0 Å². The van der Waals surface area contributed by atoms with Gasteiger partial charge < -0.3 is 15.4 Å². The molecule has 17 heavy (non-hydrogen) atoms. The number of nitrogens with two attached hydrogens (primary N) is 1. The summed E-state index contributed by atoms with van der Waals surface area (Å²) in [6.45, 7) is 3.61. The molecule has 1 rings (SSSR count). The van der Waals surface area contributed by atoms with Crippen molar-refractivity contribution < 1.29 is 9.53 Å². The minimum Gasteiger partial charge on any atom is -0.383 e. The van der Waals surface area contributed by atoms with Crippen LogP contribution in [0.5, 0.6) is 0 Å². The number of amides is 1. The Kier molecular flexibility index (Phi) is 5.11. The van der Waals surface area contributed by atoms with Gasteiger partial charge in [-0.05, 0) is 6.92 Å². The first-order valence-corrected chi connectivity index (χ1v) is 5.62. The van der Waals surface area contributed by atoms with Crippen LogP contribution in [0.2, 0.25) is 0 Å². The smallest absolute Gasteiger partial charge is 0.244 e. The molecule has 1 amide bonds. The van der Waals surface area contributed by atoms with Crippen molar-refractivity contribution in [2.75, 3.05) is 26.8 Å². The Hall–Kier alpha value is -1.40. The normalized spacial score (nSPS) is 12.5. The minimum atomic E-state index is -0.652. The lowest BCUT2D eigenvalue weighted by Crippen LogP contribution is -2.40. The second-order valence-corrected chi connectivity index (χ2v) is 3.84. The molecule has 1 atom stereocenters. The summed E-state index contributed by atoms with van der Waals surface area (Å²) < 4.78 is 6.60. The summed E-state index contributed by atoms with van der Waals surface area (Å²) in [5, 5.41) is 4.01. The molecule has 1 aromatic heterocycles. The van der Waals surface area contributed by atoms with E-state index in [1.165, 1.54) is 0 Å². The standard InChI is InChI=1S/C11H20N4O2/c1-4-15(5-6-17-3)11(16)10(12)9-7-13-14(2)8-9/h7-8,10H,4-6,12H2,1-3H3. The van der Waals surface area contributed by atoms with Gasteiger partial charge in [-0.3, -0.25) is 9.48 Å². The van der Waals surface area contributed by atoms with Gasteiger partial charge in [0.1, 0.15) is 6.04 Å². The average molecular weight is 240 g/mol. The lowest BCUT2D eigenvalue weighted by Gasteiger charge is -2.23. The molecular weight excluding hydrogens is 220 g/mol. The molecule has 1 heterocycles. The van der Waals surface area contributed by atoms with Crippen LogP contribution in [0.4, 0.5) is 0 Å². The maximum atomic E-state index is 12.1. The molecule has 0 bridgehead atoms. The predicted molar refractivity (Wildman–Crippen MR) is 64.3 cm³/mol. The first kappa shape index (κ1) is 13.7. The zero-order valence-corrected chi connectivity index (χ0v) is 10.6. The molecule has 6 nitrogen and oxygen atoms in total. The van der Waals surface area contributed by atoms with E-state index in [9.17, 15) is 4.79 Å². The van der Waals surface area contributed by atoms with Gasteiger partial charge in [0.05, 0.1) is 12.8 Å². The van der Waals surface area contributed by atoms with Crippen molar-refractivity contribution in [3.8, 4) is 0 Å². The van der Waals surface area contributed by atoms with Crippen molar-refractivity contribution >= 4 is 5.91 Å². The highest BCUT2D eigenvalue weighted by Crippen LogP contribution is 2.11. The summed E-state index contributed by atoms with van der Waals surface area (Å²) in [5.74, 6) is -0.0995. The zero-order chi connectivity index (χ0) is 12.8. The molecule has 96 valence electrons. The monoisotopic (exact) mass is 240 g/mol. The third-order valence-electron chi connectivity index (χ3n) is 2.61. The van der Waals surface area contributed by atoms with Crippen LogP contribution in [0.25, 0.3) is 0 Å². The first-order chi connectivity index (χ1) is 8.10. The fourth-order valence-electron chi connectivity index (χ4n) is 1.57.